The Morgan fingerprint density at radius 1 is 1.17 bits per heavy atom. The van der Waals surface area contributed by atoms with Crippen molar-refractivity contribution >= 4 is 9.84 Å². The summed E-state index contributed by atoms with van der Waals surface area (Å²) >= 11 is 0. The second kappa shape index (κ2) is 4.46. The van der Waals surface area contributed by atoms with Crippen molar-refractivity contribution in [2.75, 3.05) is 31.1 Å². The van der Waals surface area contributed by atoms with Gasteiger partial charge in [0.2, 0.25) is 0 Å². The smallest absolute Gasteiger partial charge is 0.152 e. The maximum Gasteiger partial charge on any atom is 0.152 e. The van der Waals surface area contributed by atoms with E-state index in [1.807, 2.05) is 0 Å². The molecule has 0 bridgehead atoms. The van der Waals surface area contributed by atoms with Crippen LogP contribution in [0.25, 0.3) is 0 Å². The third-order valence-corrected chi connectivity index (χ3v) is 7.25. The van der Waals surface area contributed by atoms with Gasteiger partial charge in [-0.25, -0.2) is 8.42 Å². The van der Waals surface area contributed by atoms with Gasteiger partial charge in [0, 0.05) is 25.2 Å². The Hall–Kier alpha value is -0.130. The molecule has 3 aliphatic rings. The van der Waals surface area contributed by atoms with Gasteiger partial charge in [0.05, 0.1) is 11.5 Å². The van der Waals surface area contributed by atoms with Gasteiger partial charge >= 0.3 is 0 Å². The summed E-state index contributed by atoms with van der Waals surface area (Å²) < 4.78 is 23.9. The summed E-state index contributed by atoms with van der Waals surface area (Å²) in [6, 6.07) is 0. The van der Waals surface area contributed by atoms with E-state index in [1.54, 1.807) is 0 Å². The summed E-state index contributed by atoms with van der Waals surface area (Å²) in [5.41, 5.74) is 5.73. The Bertz CT molecular complexity index is 411. The van der Waals surface area contributed by atoms with Gasteiger partial charge in [-0.2, -0.15) is 0 Å². The zero-order chi connectivity index (χ0) is 12.8. The van der Waals surface area contributed by atoms with Gasteiger partial charge in [-0.1, -0.05) is 6.42 Å². The van der Waals surface area contributed by atoms with Crippen molar-refractivity contribution in [3.8, 4) is 0 Å². The van der Waals surface area contributed by atoms with Crippen LogP contribution in [0.4, 0.5) is 0 Å². The van der Waals surface area contributed by atoms with E-state index in [4.69, 9.17) is 5.73 Å². The van der Waals surface area contributed by atoms with E-state index in [0.717, 1.165) is 37.8 Å². The Morgan fingerprint density at radius 3 is 2.39 bits per heavy atom. The number of hydrogen-bond acceptors (Lipinski definition) is 4. The molecule has 0 spiro atoms. The van der Waals surface area contributed by atoms with Gasteiger partial charge in [0.15, 0.2) is 9.84 Å². The molecule has 2 N–H and O–H groups in total. The first-order chi connectivity index (χ1) is 8.55. The summed E-state index contributed by atoms with van der Waals surface area (Å²) in [5.74, 6) is 2.25. The van der Waals surface area contributed by atoms with E-state index < -0.39 is 9.84 Å². The molecule has 18 heavy (non-hydrogen) atoms. The lowest BCUT2D eigenvalue weighted by molar-refractivity contribution is 0.119. The Morgan fingerprint density at radius 2 is 1.83 bits per heavy atom. The highest BCUT2D eigenvalue weighted by Gasteiger charge is 2.48. The first-order valence-corrected chi connectivity index (χ1v) is 9.02. The van der Waals surface area contributed by atoms with Crippen LogP contribution in [-0.4, -0.2) is 50.0 Å². The summed E-state index contributed by atoms with van der Waals surface area (Å²) in [4.78, 5) is 2.43. The van der Waals surface area contributed by atoms with Crippen molar-refractivity contribution in [1.82, 2.24) is 4.90 Å². The van der Waals surface area contributed by atoms with Crippen LogP contribution in [0.15, 0.2) is 0 Å². The molecule has 0 radical (unpaired) electrons. The predicted molar refractivity (Wildman–Crippen MR) is 72.1 cm³/mol. The van der Waals surface area contributed by atoms with Gasteiger partial charge in [-0.05, 0) is 37.5 Å². The molecule has 3 unspecified atom stereocenters. The van der Waals surface area contributed by atoms with Crippen LogP contribution in [0.1, 0.15) is 32.1 Å². The second-order valence-electron chi connectivity index (χ2n) is 6.48. The average Bonchev–Trinajstić information content (AvgIpc) is 2.87. The molecule has 2 saturated heterocycles. The zero-order valence-electron chi connectivity index (χ0n) is 11.0. The molecule has 3 rings (SSSR count). The SMILES string of the molecule is NCC1(N2CC3CCCC3C2)CCCS(=O)(=O)C1. The number of hydrogen-bond donors (Lipinski definition) is 1. The molecule has 1 saturated carbocycles. The lowest BCUT2D eigenvalue weighted by Crippen LogP contribution is -2.59. The van der Waals surface area contributed by atoms with E-state index in [9.17, 15) is 8.42 Å². The lowest BCUT2D eigenvalue weighted by Gasteiger charge is -2.44. The molecule has 2 aliphatic heterocycles. The number of likely N-dealkylation sites (tertiary alicyclic amines) is 1. The molecule has 2 heterocycles. The lowest BCUT2D eigenvalue weighted by atomic mass is 9.93. The van der Waals surface area contributed by atoms with E-state index >= 15 is 0 Å². The van der Waals surface area contributed by atoms with Crippen LogP contribution in [0.2, 0.25) is 0 Å². The van der Waals surface area contributed by atoms with Crippen LogP contribution in [0.5, 0.6) is 0 Å². The molecule has 104 valence electrons. The summed E-state index contributed by atoms with van der Waals surface area (Å²) in [7, 11) is -2.89. The highest BCUT2D eigenvalue weighted by Crippen LogP contribution is 2.42. The van der Waals surface area contributed by atoms with Crippen molar-refractivity contribution in [1.29, 1.82) is 0 Å². The number of fused-ring (bicyclic) bond motifs is 1. The van der Waals surface area contributed by atoms with Crippen molar-refractivity contribution in [2.24, 2.45) is 17.6 Å². The monoisotopic (exact) mass is 272 g/mol. The molecular weight excluding hydrogens is 248 g/mol. The van der Waals surface area contributed by atoms with Crippen molar-refractivity contribution in [2.45, 2.75) is 37.6 Å². The van der Waals surface area contributed by atoms with Crippen LogP contribution in [0.3, 0.4) is 0 Å². The largest absolute Gasteiger partial charge is 0.329 e. The highest BCUT2D eigenvalue weighted by atomic mass is 32.2. The van der Waals surface area contributed by atoms with E-state index in [2.05, 4.69) is 4.90 Å². The zero-order valence-corrected chi connectivity index (χ0v) is 11.8. The number of sulfone groups is 1. The van der Waals surface area contributed by atoms with Gasteiger partial charge < -0.3 is 5.73 Å². The standard InChI is InChI=1S/C13H24N2O2S/c14-9-13(5-2-6-18(16,17)10-13)15-7-11-3-1-4-12(11)8-15/h11-12H,1-10,14H2. The van der Waals surface area contributed by atoms with E-state index in [0.29, 0.717) is 12.3 Å². The minimum absolute atomic E-state index is 0.249. The molecule has 4 nitrogen and oxygen atoms in total. The number of rotatable bonds is 2. The van der Waals surface area contributed by atoms with Gasteiger partial charge in [-0.3, -0.25) is 4.90 Å². The van der Waals surface area contributed by atoms with Gasteiger partial charge in [0.25, 0.3) is 0 Å². The van der Waals surface area contributed by atoms with E-state index in [1.165, 1.54) is 19.3 Å². The first-order valence-electron chi connectivity index (χ1n) is 7.20. The third kappa shape index (κ3) is 2.10. The van der Waals surface area contributed by atoms with Crippen molar-refractivity contribution in [3.05, 3.63) is 0 Å². The maximum absolute atomic E-state index is 11.9. The van der Waals surface area contributed by atoms with E-state index in [-0.39, 0.29) is 11.3 Å². The minimum Gasteiger partial charge on any atom is -0.329 e. The topological polar surface area (TPSA) is 63.4 Å². The molecule has 3 atom stereocenters. The van der Waals surface area contributed by atoms with Crippen molar-refractivity contribution in [3.63, 3.8) is 0 Å². The Kier molecular flexibility index (Phi) is 3.19. The Labute approximate surface area is 110 Å². The van der Waals surface area contributed by atoms with Crippen LogP contribution >= 0.6 is 0 Å². The van der Waals surface area contributed by atoms with Crippen LogP contribution in [0, 0.1) is 11.8 Å². The summed E-state index contributed by atoms with van der Waals surface area (Å²) in [5, 5.41) is 0. The maximum atomic E-state index is 11.9. The summed E-state index contributed by atoms with van der Waals surface area (Å²) in [6.07, 6.45) is 5.76. The predicted octanol–water partition coefficient (Wildman–Crippen LogP) is 0.624. The fourth-order valence-corrected chi connectivity index (χ4v) is 6.33. The molecule has 0 aromatic rings. The molecule has 0 aromatic carbocycles. The average molecular weight is 272 g/mol. The van der Waals surface area contributed by atoms with Crippen molar-refractivity contribution < 1.29 is 8.42 Å². The molecule has 0 amide bonds. The minimum atomic E-state index is -2.89. The van der Waals surface area contributed by atoms with Gasteiger partial charge in [-0.15, -0.1) is 0 Å². The number of nitrogens with two attached hydrogens (primary N) is 1. The molecule has 0 aromatic heterocycles. The Balaban J connectivity index is 1.80. The molecule has 1 aliphatic carbocycles. The fraction of sp³-hybridized carbons (Fsp3) is 1.00. The fourth-order valence-electron chi connectivity index (χ4n) is 4.34. The molecule has 5 heteroatoms. The highest BCUT2D eigenvalue weighted by molar-refractivity contribution is 7.91. The molecular formula is C13H24N2O2S. The third-order valence-electron chi connectivity index (χ3n) is 5.36. The second-order valence-corrected chi connectivity index (χ2v) is 8.66. The van der Waals surface area contributed by atoms with Crippen LogP contribution in [-0.2, 0) is 9.84 Å². The molecule has 3 fully saturated rings. The quantitative estimate of drug-likeness (QED) is 0.800. The van der Waals surface area contributed by atoms with Gasteiger partial charge in [0.1, 0.15) is 0 Å². The van der Waals surface area contributed by atoms with Crippen LogP contribution < -0.4 is 5.73 Å². The normalized spacial score (nSPS) is 44.1. The first kappa shape index (κ1) is 12.9. The summed E-state index contributed by atoms with van der Waals surface area (Å²) in [6.45, 7) is 2.65. The number of nitrogens with zero attached hydrogens (tertiary/aromatic N) is 1.